The van der Waals surface area contributed by atoms with Gasteiger partial charge in [-0.2, -0.15) is 0 Å². The maximum Gasteiger partial charge on any atom is 0.144 e. The Kier molecular flexibility index (Phi) is 5.57. The second-order valence-electron chi connectivity index (χ2n) is 6.14. The highest BCUT2D eigenvalue weighted by Gasteiger charge is 2.12. The van der Waals surface area contributed by atoms with Crippen LogP contribution < -0.4 is 15.8 Å². The van der Waals surface area contributed by atoms with Gasteiger partial charge in [-0.25, -0.2) is 0 Å². The molecule has 1 aliphatic rings. The smallest absolute Gasteiger partial charge is 0.144 e. The first-order valence-corrected chi connectivity index (χ1v) is 7.95. The minimum Gasteiger partial charge on any atom is -0.489 e. The molecule has 3 heteroatoms. The molecule has 0 amide bonds. The fraction of sp³-hybridized carbons (Fsp3) is 0.647. The fourth-order valence-corrected chi connectivity index (χ4v) is 2.90. The quantitative estimate of drug-likeness (QED) is 0.755. The van der Waals surface area contributed by atoms with E-state index in [-0.39, 0.29) is 6.10 Å². The molecule has 0 radical (unpaired) electrons. The first kappa shape index (κ1) is 15.0. The minimum absolute atomic E-state index is 0.148. The van der Waals surface area contributed by atoms with E-state index < -0.39 is 0 Å². The van der Waals surface area contributed by atoms with Crippen molar-refractivity contribution in [3.63, 3.8) is 0 Å². The Morgan fingerprint density at radius 2 is 2.00 bits per heavy atom. The molecule has 0 bridgehead atoms. The Labute approximate surface area is 122 Å². The highest BCUT2D eigenvalue weighted by molar-refractivity contribution is 5.61. The van der Waals surface area contributed by atoms with Gasteiger partial charge in [-0.3, -0.25) is 0 Å². The van der Waals surface area contributed by atoms with Gasteiger partial charge in [-0.15, -0.1) is 0 Å². The van der Waals surface area contributed by atoms with Crippen molar-refractivity contribution in [2.75, 3.05) is 17.6 Å². The number of hydrogen-bond donors (Lipinski definition) is 2. The predicted molar refractivity (Wildman–Crippen MR) is 86.3 cm³/mol. The SMILES string of the molecule is CC(C)Oc1cc(NCCC2CCCCC2)ccc1N. The molecule has 1 fully saturated rings. The van der Waals surface area contributed by atoms with Crippen molar-refractivity contribution in [3.05, 3.63) is 18.2 Å². The van der Waals surface area contributed by atoms with E-state index in [1.54, 1.807) is 0 Å². The molecule has 1 saturated carbocycles. The molecule has 20 heavy (non-hydrogen) atoms. The Hall–Kier alpha value is -1.38. The van der Waals surface area contributed by atoms with Crippen LogP contribution in [0, 0.1) is 5.92 Å². The van der Waals surface area contributed by atoms with Crippen LogP contribution in [0.3, 0.4) is 0 Å². The van der Waals surface area contributed by atoms with Gasteiger partial charge in [-0.05, 0) is 38.3 Å². The summed E-state index contributed by atoms with van der Waals surface area (Å²) in [4.78, 5) is 0. The van der Waals surface area contributed by atoms with E-state index in [1.165, 1.54) is 38.5 Å². The van der Waals surface area contributed by atoms with Crippen LogP contribution in [0.4, 0.5) is 11.4 Å². The summed E-state index contributed by atoms with van der Waals surface area (Å²) in [6, 6.07) is 5.96. The summed E-state index contributed by atoms with van der Waals surface area (Å²) in [5.74, 6) is 1.69. The number of anilines is 2. The minimum atomic E-state index is 0.148. The van der Waals surface area contributed by atoms with Gasteiger partial charge in [0.2, 0.25) is 0 Å². The lowest BCUT2D eigenvalue weighted by molar-refractivity contribution is 0.244. The molecule has 1 aliphatic carbocycles. The van der Waals surface area contributed by atoms with E-state index in [4.69, 9.17) is 10.5 Å². The van der Waals surface area contributed by atoms with E-state index in [0.717, 1.165) is 23.9 Å². The number of nitrogens with two attached hydrogens (primary N) is 1. The van der Waals surface area contributed by atoms with Gasteiger partial charge in [0.1, 0.15) is 5.75 Å². The average Bonchev–Trinajstić information content (AvgIpc) is 2.43. The molecule has 0 heterocycles. The first-order valence-electron chi connectivity index (χ1n) is 7.95. The molecule has 112 valence electrons. The van der Waals surface area contributed by atoms with Crippen molar-refractivity contribution < 1.29 is 4.74 Å². The van der Waals surface area contributed by atoms with Gasteiger partial charge in [0.25, 0.3) is 0 Å². The molecule has 3 nitrogen and oxygen atoms in total. The number of nitrogen functional groups attached to an aromatic ring is 1. The monoisotopic (exact) mass is 276 g/mol. The molecule has 0 atom stereocenters. The molecule has 0 spiro atoms. The van der Waals surface area contributed by atoms with Gasteiger partial charge < -0.3 is 15.8 Å². The summed E-state index contributed by atoms with van der Waals surface area (Å²) in [5.41, 5.74) is 7.74. The van der Waals surface area contributed by atoms with Gasteiger partial charge in [0.15, 0.2) is 0 Å². The van der Waals surface area contributed by atoms with Crippen LogP contribution >= 0.6 is 0 Å². The summed E-state index contributed by atoms with van der Waals surface area (Å²) in [7, 11) is 0. The highest BCUT2D eigenvalue weighted by Crippen LogP contribution is 2.28. The molecule has 2 rings (SSSR count). The Balaban J connectivity index is 1.82. The molecular formula is C17H28N2O. The Bertz CT molecular complexity index is 411. The third-order valence-electron chi connectivity index (χ3n) is 3.98. The van der Waals surface area contributed by atoms with Gasteiger partial charge >= 0.3 is 0 Å². The number of ether oxygens (including phenoxy) is 1. The van der Waals surface area contributed by atoms with Crippen LogP contribution in [0.2, 0.25) is 0 Å². The number of benzene rings is 1. The van der Waals surface area contributed by atoms with E-state index in [2.05, 4.69) is 5.32 Å². The lowest BCUT2D eigenvalue weighted by Crippen LogP contribution is -2.12. The van der Waals surface area contributed by atoms with Gasteiger partial charge in [0, 0.05) is 18.3 Å². The van der Waals surface area contributed by atoms with Crippen molar-refractivity contribution >= 4 is 11.4 Å². The standard InChI is InChI=1S/C17H28N2O/c1-13(2)20-17-12-15(8-9-16(17)18)19-11-10-14-6-4-3-5-7-14/h8-9,12-14,19H,3-7,10-11,18H2,1-2H3. The van der Waals surface area contributed by atoms with Crippen molar-refractivity contribution in [1.29, 1.82) is 0 Å². The Morgan fingerprint density at radius 1 is 1.25 bits per heavy atom. The number of rotatable bonds is 6. The summed E-state index contributed by atoms with van der Waals surface area (Å²) >= 11 is 0. The van der Waals surface area contributed by atoms with Crippen LogP contribution in [-0.4, -0.2) is 12.6 Å². The number of hydrogen-bond acceptors (Lipinski definition) is 3. The predicted octanol–water partition coefficient (Wildman–Crippen LogP) is 4.44. The van der Waals surface area contributed by atoms with Gasteiger partial charge in [-0.1, -0.05) is 32.1 Å². The normalized spacial score (nSPS) is 16.4. The summed E-state index contributed by atoms with van der Waals surface area (Å²) in [6.45, 7) is 5.07. The van der Waals surface area contributed by atoms with Gasteiger partial charge in [0.05, 0.1) is 11.8 Å². The molecular weight excluding hydrogens is 248 g/mol. The maximum atomic E-state index is 5.93. The van der Waals surface area contributed by atoms with Crippen LogP contribution in [0.15, 0.2) is 18.2 Å². The zero-order chi connectivity index (χ0) is 14.4. The summed E-state index contributed by atoms with van der Waals surface area (Å²) < 4.78 is 5.72. The third-order valence-corrected chi connectivity index (χ3v) is 3.98. The van der Waals surface area contributed by atoms with Crippen molar-refractivity contribution in [1.82, 2.24) is 0 Å². The lowest BCUT2D eigenvalue weighted by Gasteiger charge is -2.21. The van der Waals surface area contributed by atoms with E-state index >= 15 is 0 Å². The molecule has 0 aromatic heterocycles. The molecule has 0 aliphatic heterocycles. The number of nitrogens with one attached hydrogen (secondary N) is 1. The molecule has 0 unspecified atom stereocenters. The second kappa shape index (κ2) is 7.41. The zero-order valence-electron chi connectivity index (χ0n) is 12.8. The van der Waals surface area contributed by atoms with Crippen molar-refractivity contribution in [3.8, 4) is 5.75 Å². The fourth-order valence-electron chi connectivity index (χ4n) is 2.90. The average molecular weight is 276 g/mol. The topological polar surface area (TPSA) is 47.3 Å². The van der Waals surface area contributed by atoms with Crippen LogP contribution in [-0.2, 0) is 0 Å². The van der Waals surface area contributed by atoms with E-state index in [0.29, 0.717) is 5.69 Å². The van der Waals surface area contributed by atoms with Crippen LogP contribution in [0.25, 0.3) is 0 Å². The molecule has 3 N–H and O–H groups in total. The summed E-state index contributed by atoms with van der Waals surface area (Å²) in [6.07, 6.45) is 8.49. The highest BCUT2D eigenvalue weighted by atomic mass is 16.5. The largest absolute Gasteiger partial charge is 0.489 e. The van der Waals surface area contributed by atoms with Crippen LogP contribution in [0.5, 0.6) is 5.75 Å². The lowest BCUT2D eigenvalue weighted by atomic mass is 9.87. The van der Waals surface area contributed by atoms with Crippen molar-refractivity contribution in [2.45, 2.75) is 58.5 Å². The van der Waals surface area contributed by atoms with Crippen molar-refractivity contribution in [2.24, 2.45) is 5.92 Å². The Morgan fingerprint density at radius 3 is 2.70 bits per heavy atom. The first-order chi connectivity index (χ1) is 9.65. The molecule has 1 aromatic carbocycles. The third kappa shape index (κ3) is 4.62. The van der Waals surface area contributed by atoms with Crippen LogP contribution in [0.1, 0.15) is 52.4 Å². The second-order valence-corrected chi connectivity index (χ2v) is 6.14. The molecule has 1 aromatic rings. The molecule has 0 saturated heterocycles. The zero-order valence-corrected chi connectivity index (χ0v) is 12.8. The summed E-state index contributed by atoms with van der Waals surface area (Å²) in [5, 5.41) is 3.50. The van der Waals surface area contributed by atoms with E-state index in [1.807, 2.05) is 32.0 Å². The maximum absolute atomic E-state index is 5.93. The van der Waals surface area contributed by atoms with E-state index in [9.17, 15) is 0 Å².